The van der Waals surface area contributed by atoms with Crippen LogP contribution in [0, 0.1) is 0 Å². The average molecular weight is 370 g/mol. The molecule has 0 radical (unpaired) electrons. The molecule has 1 fully saturated rings. The minimum Gasteiger partial charge on any atom is -0.357 e. The molecule has 7 nitrogen and oxygen atoms in total. The number of hydrogen-bond acceptors (Lipinski definition) is 4. The third-order valence-corrected chi connectivity index (χ3v) is 5.62. The second kappa shape index (κ2) is 6.87. The largest absolute Gasteiger partial charge is 0.357 e. The molecule has 2 N–H and O–H groups in total. The van der Waals surface area contributed by atoms with Gasteiger partial charge in [-0.25, -0.2) is 0 Å². The second-order valence-corrected chi connectivity index (χ2v) is 7.23. The van der Waals surface area contributed by atoms with Gasteiger partial charge in [-0.05, 0) is 30.3 Å². The molecule has 1 aromatic carbocycles. The van der Waals surface area contributed by atoms with Crippen LogP contribution in [0.3, 0.4) is 0 Å². The number of aromatic amines is 1. The maximum Gasteiger partial charge on any atom is 0.270 e. The molecule has 134 valence electrons. The van der Waals surface area contributed by atoms with Crippen LogP contribution in [0.2, 0.25) is 0 Å². The molecule has 1 saturated heterocycles. The predicted octanol–water partition coefficient (Wildman–Crippen LogP) is 1.66. The Balaban J connectivity index is 1.42. The maximum absolute atomic E-state index is 12.8. The van der Waals surface area contributed by atoms with Crippen molar-refractivity contribution in [3.63, 3.8) is 0 Å². The fourth-order valence-electron chi connectivity index (χ4n) is 3.15. The number of fused-ring (bicyclic) bond motifs is 1. The Morgan fingerprint density at radius 3 is 2.42 bits per heavy atom. The zero-order chi connectivity index (χ0) is 18.1. The van der Waals surface area contributed by atoms with E-state index in [2.05, 4.69) is 10.3 Å². The fourth-order valence-corrected chi connectivity index (χ4v) is 3.93. The zero-order valence-electron chi connectivity index (χ0n) is 14.0. The van der Waals surface area contributed by atoms with Crippen molar-refractivity contribution in [1.82, 2.24) is 14.8 Å². The first-order chi connectivity index (χ1) is 12.6. The van der Waals surface area contributed by atoms with Gasteiger partial charge in [0.05, 0.1) is 11.4 Å². The van der Waals surface area contributed by atoms with Crippen LogP contribution in [0.1, 0.15) is 20.8 Å². The number of carbonyl (C=O) groups excluding carboxylic acids is 3. The molecule has 0 bridgehead atoms. The van der Waals surface area contributed by atoms with E-state index >= 15 is 0 Å². The summed E-state index contributed by atoms with van der Waals surface area (Å²) < 4.78 is 0. The Labute approximate surface area is 154 Å². The molecule has 4 rings (SSSR count). The van der Waals surface area contributed by atoms with Crippen LogP contribution in [-0.2, 0) is 4.79 Å². The Morgan fingerprint density at radius 1 is 1.00 bits per heavy atom. The summed E-state index contributed by atoms with van der Waals surface area (Å²) in [5.41, 5.74) is 1.81. The van der Waals surface area contributed by atoms with Crippen molar-refractivity contribution in [2.24, 2.45) is 0 Å². The summed E-state index contributed by atoms with van der Waals surface area (Å²) in [6.45, 7) is 1.98. The van der Waals surface area contributed by atoms with Crippen molar-refractivity contribution in [2.45, 2.75) is 4.90 Å². The lowest BCUT2D eigenvalue weighted by molar-refractivity contribution is -0.113. The number of aromatic nitrogens is 1. The summed E-state index contributed by atoms with van der Waals surface area (Å²) in [6, 6.07) is 8.94. The van der Waals surface area contributed by atoms with E-state index in [1.807, 2.05) is 6.07 Å². The molecule has 0 aliphatic carbocycles. The van der Waals surface area contributed by atoms with Crippen LogP contribution < -0.4 is 5.32 Å². The van der Waals surface area contributed by atoms with Crippen molar-refractivity contribution in [3.05, 3.63) is 47.8 Å². The van der Waals surface area contributed by atoms with E-state index in [-0.39, 0.29) is 17.7 Å². The van der Waals surface area contributed by atoms with Crippen molar-refractivity contribution < 1.29 is 14.4 Å². The number of benzene rings is 1. The molecule has 2 aliphatic rings. The number of thioether (sulfide) groups is 1. The van der Waals surface area contributed by atoms with Gasteiger partial charge < -0.3 is 20.1 Å². The van der Waals surface area contributed by atoms with Crippen LogP contribution in [0.25, 0.3) is 0 Å². The molecule has 0 unspecified atom stereocenters. The van der Waals surface area contributed by atoms with Gasteiger partial charge in [-0.15, -0.1) is 11.8 Å². The quantitative estimate of drug-likeness (QED) is 0.842. The van der Waals surface area contributed by atoms with Crippen LogP contribution in [-0.4, -0.2) is 64.4 Å². The normalized spacial score (nSPS) is 16.8. The third-order valence-electron chi connectivity index (χ3n) is 4.54. The number of hydrogen-bond donors (Lipinski definition) is 2. The molecule has 26 heavy (non-hydrogen) atoms. The Bertz CT molecular complexity index is 857. The number of piperazine rings is 1. The molecule has 0 spiro atoms. The molecular formula is C18H18N4O3S. The van der Waals surface area contributed by atoms with Crippen LogP contribution in [0.5, 0.6) is 0 Å². The molecule has 8 heteroatoms. The van der Waals surface area contributed by atoms with Crippen LogP contribution in [0.15, 0.2) is 41.4 Å². The van der Waals surface area contributed by atoms with E-state index in [0.717, 1.165) is 4.90 Å². The number of nitrogens with zero attached hydrogens (tertiary/aromatic N) is 2. The van der Waals surface area contributed by atoms with Crippen molar-refractivity contribution in [1.29, 1.82) is 0 Å². The van der Waals surface area contributed by atoms with E-state index in [1.165, 1.54) is 11.8 Å². The van der Waals surface area contributed by atoms with E-state index in [1.54, 1.807) is 40.3 Å². The molecule has 0 atom stereocenters. The summed E-state index contributed by atoms with van der Waals surface area (Å²) in [7, 11) is 0. The van der Waals surface area contributed by atoms with E-state index < -0.39 is 0 Å². The average Bonchev–Trinajstić information content (AvgIpc) is 3.21. The van der Waals surface area contributed by atoms with Gasteiger partial charge in [0.15, 0.2) is 0 Å². The minimum absolute atomic E-state index is 0.0457. The van der Waals surface area contributed by atoms with Gasteiger partial charge in [0.1, 0.15) is 5.69 Å². The standard InChI is InChI=1S/C18H18N4O3S/c23-16-11-26-15-4-3-12(10-14(15)20-16)17(24)21-6-8-22(9-7-21)18(25)13-2-1-5-19-13/h1-5,10,19H,6-9,11H2,(H,20,23). The molecular weight excluding hydrogens is 352 g/mol. The minimum atomic E-state index is -0.0791. The number of amides is 3. The highest BCUT2D eigenvalue weighted by atomic mass is 32.2. The summed E-state index contributed by atoms with van der Waals surface area (Å²) in [6.07, 6.45) is 1.72. The second-order valence-electron chi connectivity index (χ2n) is 6.22. The smallest absolute Gasteiger partial charge is 0.270 e. The Morgan fingerprint density at radius 2 is 1.73 bits per heavy atom. The van der Waals surface area contributed by atoms with Gasteiger partial charge in [0.25, 0.3) is 11.8 Å². The third kappa shape index (κ3) is 3.20. The van der Waals surface area contributed by atoms with Gasteiger partial charge in [-0.1, -0.05) is 0 Å². The highest BCUT2D eigenvalue weighted by Gasteiger charge is 2.26. The number of nitrogens with one attached hydrogen (secondary N) is 2. The van der Waals surface area contributed by atoms with Crippen molar-refractivity contribution >= 4 is 35.2 Å². The topological polar surface area (TPSA) is 85.5 Å². The van der Waals surface area contributed by atoms with Gasteiger partial charge >= 0.3 is 0 Å². The van der Waals surface area contributed by atoms with Gasteiger partial charge in [0.2, 0.25) is 5.91 Å². The SMILES string of the molecule is O=C1CSc2ccc(C(=O)N3CCN(C(=O)c4ccc[nH]4)CC3)cc2N1. The maximum atomic E-state index is 12.8. The van der Waals surface area contributed by atoms with E-state index in [0.29, 0.717) is 48.9 Å². The summed E-state index contributed by atoms with van der Waals surface area (Å²) in [5.74, 6) is 0.223. The van der Waals surface area contributed by atoms with Crippen LogP contribution >= 0.6 is 11.8 Å². The van der Waals surface area contributed by atoms with Crippen LogP contribution in [0.4, 0.5) is 5.69 Å². The highest BCUT2D eigenvalue weighted by Crippen LogP contribution is 2.32. The number of carbonyl (C=O) groups is 3. The van der Waals surface area contributed by atoms with E-state index in [9.17, 15) is 14.4 Å². The first-order valence-electron chi connectivity index (χ1n) is 8.40. The monoisotopic (exact) mass is 370 g/mol. The summed E-state index contributed by atoms with van der Waals surface area (Å²) >= 11 is 1.47. The lowest BCUT2D eigenvalue weighted by Gasteiger charge is -2.34. The number of anilines is 1. The Kier molecular flexibility index (Phi) is 4.42. The van der Waals surface area contributed by atoms with Gasteiger partial charge in [-0.3, -0.25) is 14.4 Å². The molecule has 2 aromatic rings. The summed E-state index contributed by atoms with van der Waals surface area (Å²) in [5, 5.41) is 2.81. The first kappa shape index (κ1) is 16.7. The molecule has 3 heterocycles. The number of H-pyrrole nitrogens is 1. The molecule has 3 amide bonds. The van der Waals surface area contributed by atoms with Gasteiger partial charge in [0, 0.05) is 42.8 Å². The van der Waals surface area contributed by atoms with Gasteiger partial charge in [-0.2, -0.15) is 0 Å². The lowest BCUT2D eigenvalue weighted by Crippen LogP contribution is -2.50. The lowest BCUT2D eigenvalue weighted by atomic mass is 10.1. The number of rotatable bonds is 2. The highest BCUT2D eigenvalue weighted by molar-refractivity contribution is 8.00. The molecule has 0 saturated carbocycles. The zero-order valence-corrected chi connectivity index (χ0v) is 14.8. The van der Waals surface area contributed by atoms with E-state index in [4.69, 9.17) is 0 Å². The first-order valence-corrected chi connectivity index (χ1v) is 9.39. The van der Waals surface area contributed by atoms with Crippen molar-refractivity contribution in [2.75, 3.05) is 37.2 Å². The summed E-state index contributed by atoms with van der Waals surface area (Å²) in [4.78, 5) is 44.0. The molecule has 2 aliphatic heterocycles. The fraction of sp³-hybridized carbons (Fsp3) is 0.278. The predicted molar refractivity (Wildman–Crippen MR) is 98.4 cm³/mol. The van der Waals surface area contributed by atoms with Crippen molar-refractivity contribution in [3.8, 4) is 0 Å². The molecule has 1 aromatic heterocycles. The Hall–Kier alpha value is -2.74.